The molecule has 1 saturated carbocycles. The Labute approximate surface area is 264 Å². The van der Waals surface area contributed by atoms with E-state index in [4.69, 9.17) is 27.9 Å². The van der Waals surface area contributed by atoms with Crippen LogP contribution in [0, 0.1) is 6.92 Å². The summed E-state index contributed by atoms with van der Waals surface area (Å²) >= 11 is 12.4. The van der Waals surface area contributed by atoms with Gasteiger partial charge in [0.2, 0.25) is 11.8 Å². The molecule has 0 aromatic heterocycles. The number of benzene rings is 3. The van der Waals surface area contributed by atoms with Crippen LogP contribution >= 0.6 is 23.2 Å². The van der Waals surface area contributed by atoms with Crippen LogP contribution in [0.3, 0.4) is 0 Å². The second kappa shape index (κ2) is 14.5. The predicted molar refractivity (Wildman–Crippen MR) is 170 cm³/mol. The van der Waals surface area contributed by atoms with Crippen molar-refractivity contribution in [3.05, 3.63) is 87.9 Å². The first-order valence-corrected chi connectivity index (χ1v) is 16.5. The standard InChI is InChI=1S/C32H37Cl2N3O5S/c1-4-28(32(39)35-24-9-5-6-10-24)36(20-23-15-18-26(33)27(34)19-23)31(38)21-37(29-11-7-8-12-30(29)42-3)43(40,41)25-16-13-22(2)14-17-25/h7-8,11-19,24,28H,4-6,9-10,20-21H2,1-3H3,(H,35,39). The van der Waals surface area contributed by atoms with Gasteiger partial charge in [0, 0.05) is 12.6 Å². The number of methoxy groups -OCH3 is 1. The van der Waals surface area contributed by atoms with Crippen molar-refractivity contribution in [2.24, 2.45) is 0 Å². The number of nitrogens with zero attached hydrogens (tertiary/aromatic N) is 2. The molecular weight excluding hydrogens is 609 g/mol. The molecule has 0 aliphatic heterocycles. The summed E-state index contributed by atoms with van der Waals surface area (Å²) in [5.41, 5.74) is 1.75. The molecule has 0 radical (unpaired) electrons. The highest BCUT2D eigenvalue weighted by molar-refractivity contribution is 7.92. The number of halogens is 2. The van der Waals surface area contributed by atoms with E-state index < -0.39 is 28.5 Å². The highest BCUT2D eigenvalue weighted by atomic mass is 35.5. The number of aryl methyl sites for hydroxylation is 1. The number of carbonyl (C=O) groups is 2. The van der Waals surface area contributed by atoms with E-state index in [1.165, 1.54) is 24.1 Å². The SMILES string of the molecule is CCC(C(=O)NC1CCCC1)N(Cc1ccc(Cl)c(Cl)c1)C(=O)CN(c1ccccc1OC)S(=O)(=O)c1ccc(C)cc1. The molecule has 11 heteroatoms. The van der Waals surface area contributed by atoms with Crippen molar-refractivity contribution in [3.63, 3.8) is 0 Å². The Hall–Kier alpha value is -3.27. The fourth-order valence-corrected chi connectivity index (χ4v) is 7.05. The first-order valence-electron chi connectivity index (χ1n) is 14.3. The van der Waals surface area contributed by atoms with Crippen LogP contribution in [0.5, 0.6) is 5.75 Å². The monoisotopic (exact) mass is 645 g/mol. The first-order chi connectivity index (χ1) is 20.5. The number of nitrogens with one attached hydrogen (secondary N) is 1. The fourth-order valence-electron chi connectivity index (χ4n) is 5.31. The molecule has 230 valence electrons. The largest absolute Gasteiger partial charge is 0.495 e. The molecule has 3 aromatic rings. The van der Waals surface area contributed by atoms with Crippen molar-refractivity contribution in [3.8, 4) is 5.75 Å². The summed E-state index contributed by atoms with van der Waals surface area (Å²) in [6, 6.07) is 17.3. The summed E-state index contributed by atoms with van der Waals surface area (Å²) in [5, 5.41) is 3.78. The number of carbonyl (C=O) groups excluding carboxylic acids is 2. The van der Waals surface area contributed by atoms with Gasteiger partial charge in [-0.05, 0) is 68.1 Å². The molecule has 8 nitrogen and oxygen atoms in total. The number of hydrogen-bond donors (Lipinski definition) is 1. The lowest BCUT2D eigenvalue weighted by Crippen LogP contribution is -2.53. The van der Waals surface area contributed by atoms with E-state index in [1.54, 1.807) is 54.6 Å². The van der Waals surface area contributed by atoms with Gasteiger partial charge in [0.05, 0.1) is 27.7 Å². The van der Waals surface area contributed by atoms with Crippen LogP contribution in [-0.4, -0.2) is 50.9 Å². The van der Waals surface area contributed by atoms with Crippen molar-refractivity contribution in [1.29, 1.82) is 0 Å². The highest BCUT2D eigenvalue weighted by Gasteiger charge is 2.35. The van der Waals surface area contributed by atoms with E-state index in [0.29, 0.717) is 22.0 Å². The van der Waals surface area contributed by atoms with E-state index in [2.05, 4.69) is 5.32 Å². The molecule has 3 aromatic carbocycles. The zero-order chi connectivity index (χ0) is 31.1. The van der Waals surface area contributed by atoms with Gasteiger partial charge < -0.3 is 15.0 Å². The Morgan fingerprint density at radius 2 is 1.67 bits per heavy atom. The summed E-state index contributed by atoms with van der Waals surface area (Å²) in [5.74, 6) is -0.540. The Morgan fingerprint density at radius 3 is 2.30 bits per heavy atom. The van der Waals surface area contributed by atoms with Crippen LogP contribution in [-0.2, 0) is 26.2 Å². The van der Waals surface area contributed by atoms with E-state index in [9.17, 15) is 18.0 Å². The molecular formula is C32H37Cl2N3O5S. The molecule has 0 heterocycles. The van der Waals surface area contributed by atoms with Crippen LogP contribution in [0.4, 0.5) is 5.69 Å². The maximum absolute atomic E-state index is 14.3. The summed E-state index contributed by atoms with van der Waals surface area (Å²) < 4.78 is 34.7. The van der Waals surface area contributed by atoms with Gasteiger partial charge in [0.1, 0.15) is 18.3 Å². The average molecular weight is 647 g/mol. The highest BCUT2D eigenvalue weighted by Crippen LogP contribution is 2.33. The van der Waals surface area contributed by atoms with Crippen molar-refractivity contribution in [2.45, 2.75) is 69.5 Å². The number of hydrogen-bond acceptors (Lipinski definition) is 5. The van der Waals surface area contributed by atoms with Gasteiger partial charge in [-0.15, -0.1) is 0 Å². The Morgan fingerprint density at radius 1 is 1.00 bits per heavy atom. The van der Waals surface area contributed by atoms with Crippen LogP contribution in [0.25, 0.3) is 0 Å². The average Bonchev–Trinajstić information content (AvgIpc) is 3.50. The summed E-state index contributed by atoms with van der Waals surface area (Å²) in [6.07, 6.45) is 4.18. The third kappa shape index (κ3) is 7.82. The van der Waals surface area contributed by atoms with Gasteiger partial charge in [-0.1, -0.05) is 78.9 Å². The maximum atomic E-state index is 14.3. The van der Waals surface area contributed by atoms with Crippen LogP contribution in [0.1, 0.15) is 50.2 Å². The molecule has 1 aliphatic rings. The van der Waals surface area contributed by atoms with Crippen molar-refractivity contribution in [2.75, 3.05) is 18.0 Å². The number of para-hydroxylation sites is 2. The quantitative estimate of drug-likeness (QED) is 0.247. The smallest absolute Gasteiger partial charge is 0.264 e. The Balaban J connectivity index is 1.75. The summed E-state index contributed by atoms with van der Waals surface area (Å²) in [4.78, 5) is 29.3. The third-order valence-corrected chi connectivity index (χ3v) is 10.2. The second-order valence-corrected chi connectivity index (χ2v) is 13.4. The van der Waals surface area contributed by atoms with E-state index in [0.717, 1.165) is 35.6 Å². The Kier molecular flexibility index (Phi) is 11.0. The zero-order valence-corrected chi connectivity index (χ0v) is 26.9. The number of anilines is 1. The molecule has 1 N–H and O–H groups in total. The topological polar surface area (TPSA) is 96.0 Å². The molecule has 2 amide bonds. The van der Waals surface area contributed by atoms with E-state index >= 15 is 0 Å². The summed E-state index contributed by atoms with van der Waals surface area (Å²) in [6.45, 7) is 3.15. The number of rotatable bonds is 12. The number of sulfonamides is 1. The molecule has 0 saturated heterocycles. The van der Waals surface area contributed by atoms with Gasteiger partial charge in [-0.2, -0.15) is 0 Å². The number of amides is 2. The lowest BCUT2D eigenvalue weighted by molar-refractivity contribution is -0.140. The minimum absolute atomic E-state index is 0.0245. The maximum Gasteiger partial charge on any atom is 0.264 e. The molecule has 0 bridgehead atoms. The van der Waals surface area contributed by atoms with Gasteiger partial charge in [0.15, 0.2) is 0 Å². The van der Waals surface area contributed by atoms with Gasteiger partial charge in [0.25, 0.3) is 10.0 Å². The van der Waals surface area contributed by atoms with Gasteiger partial charge in [-0.3, -0.25) is 13.9 Å². The molecule has 1 atom stereocenters. The molecule has 1 unspecified atom stereocenters. The lowest BCUT2D eigenvalue weighted by Gasteiger charge is -2.34. The Bertz CT molecular complexity index is 1540. The minimum Gasteiger partial charge on any atom is -0.495 e. The normalized spacial score (nSPS) is 14.3. The molecule has 4 rings (SSSR count). The third-order valence-electron chi connectivity index (χ3n) is 7.67. The predicted octanol–water partition coefficient (Wildman–Crippen LogP) is 6.37. The van der Waals surface area contributed by atoms with Crippen LogP contribution < -0.4 is 14.4 Å². The fraction of sp³-hybridized carbons (Fsp3) is 0.375. The summed E-state index contributed by atoms with van der Waals surface area (Å²) in [7, 11) is -2.78. The van der Waals surface area contributed by atoms with E-state index in [1.807, 2.05) is 13.8 Å². The van der Waals surface area contributed by atoms with Gasteiger partial charge in [-0.25, -0.2) is 8.42 Å². The zero-order valence-electron chi connectivity index (χ0n) is 24.6. The van der Waals surface area contributed by atoms with Crippen LogP contribution in [0.2, 0.25) is 10.0 Å². The van der Waals surface area contributed by atoms with Crippen molar-refractivity contribution >= 4 is 50.7 Å². The molecule has 0 spiro atoms. The van der Waals surface area contributed by atoms with Gasteiger partial charge >= 0.3 is 0 Å². The number of ether oxygens (including phenoxy) is 1. The minimum atomic E-state index is -4.22. The molecule has 43 heavy (non-hydrogen) atoms. The van der Waals surface area contributed by atoms with E-state index in [-0.39, 0.29) is 34.8 Å². The van der Waals surface area contributed by atoms with Crippen molar-refractivity contribution in [1.82, 2.24) is 10.2 Å². The van der Waals surface area contributed by atoms with Crippen LogP contribution in [0.15, 0.2) is 71.6 Å². The lowest BCUT2D eigenvalue weighted by atomic mass is 10.1. The van der Waals surface area contributed by atoms with Crippen molar-refractivity contribution < 1.29 is 22.7 Å². The molecule has 1 aliphatic carbocycles. The first kappa shape index (κ1) is 32.6. The second-order valence-electron chi connectivity index (χ2n) is 10.7. The molecule has 1 fully saturated rings.